The molecule has 2 aliphatic rings. The summed E-state index contributed by atoms with van der Waals surface area (Å²) in [5.74, 6) is 0.867. The molecule has 1 unspecified atom stereocenters. The second-order valence-corrected chi connectivity index (χ2v) is 6.02. The highest BCUT2D eigenvalue weighted by atomic mass is 15.2. The quantitative estimate of drug-likeness (QED) is 0.775. The molecule has 1 saturated heterocycles. The smallest absolute Gasteiger partial charge is 0.0157 e. The van der Waals surface area contributed by atoms with Gasteiger partial charge in [-0.25, -0.2) is 0 Å². The lowest BCUT2D eigenvalue weighted by Crippen LogP contribution is -2.50. The molecule has 2 heteroatoms. The molecule has 2 nitrogen and oxygen atoms in total. The first-order valence-electron chi connectivity index (χ1n) is 6.62. The molecule has 2 N–H and O–H groups in total. The molecule has 15 heavy (non-hydrogen) atoms. The summed E-state index contributed by atoms with van der Waals surface area (Å²) in [4.78, 5) is 2.62. The minimum absolute atomic E-state index is 0.227. The predicted molar refractivity (Wildman–Crippen MR) is 64.8 cm³/mol. The summed E-state index contributed by atoms with van der Waals surface area (Å²) in [5.41, 5.74) is 6.56. The molecule has 2 rings (SSSR count). The lowest BCUT2D eigenvalue weighted by molar-refractivity contribution is 0.101. The first-order valence-corrected chi connectivity index (χ1v) is 6.62. The summed E-state index contributed by atoms with van der Waals surface area (Å²) in [6.07, 6.45) is 7.95. The molecule has 0 amide bonds. The van der Waals surface area contributed by atoms with Gasteiger partial charge in [0.15, 0.2) is 0 Å². The van der Waals surface area contributed by atoms with Crippen LogP contribution in [0.15, 0.2) is 0 Å². The van der Waals surface area contributed by atoms with E-state index < -0.39 is 0 Å². The third-order valence-electron chi connectivity index (χ3n) is 4.33. The predicted octanol–water partition coefficient (Wildman–Crippen LogP) is 2.38. The van der Waals surface area contributed by atoms with E-state index in [0.29, 0.717) is 6.04 Å². The van der Waals surface area contributed by atoms with E-state index in [1.807, 2.05) is 0 Å². The van der Waals surface area contributed by atoms with Gasteiger partial charge in [-0.1, -0.05) is 0 Å². The van der Waals surface area contributed by atoms with Crippen molar-refractivity contribution in [3.63, 3.8) is 0 Å². The minimum Gasteiger partial charge on any atom is -0.325 e. The van der Waals surface area contributed by atoms with Crippen molar-refractivity contribution in [1.82, 2.24) is 4.90 Å². The summed E-state index contributed by atoms with van der Waals surface area (Å²) in [6.45, 7) is 7.20. The Hall–Kier alpha value is -0.0800. The lowest BCUT2D eigenvalue weighted by atomic mass is 9.71. The Labute approximate surface area is 94.2 Å². The van der Waals surface area contributed by atoms with Crippen LogP contribution < -0.4 is 5.73 Å². The molecular weight excluding hydrogens is 184 g/mol. The normalized spacial score (nSPS) is 31.6. The fourth-order valence-electron chi connectivity index (χ4n) is 3.14. The topological polar surface area (TPSA) is 29.3 Å². The van der Waals surface area contributed by atoms with Crippen molar-refractivity contribution in [3.05, 3.63) is 0 Å². The van der Waals surface area contributed by atoms with Crippen LogP contribution in [0.1, 0.15) is 52.4 Å². The molecule has 0 bridgehead atoms. The van der Waals surface area contributed by atoms with Crippen LogP contribution in [0.4, 0.5) is 0 Å². The van der Waals surface area contributed by atoms with E-state index in [2.05, 4.69) is 18.7 Å². The Morgan fingerprint density at radius 1 is 1.33 bits per heavy atom. The molecule has 0 spiro atoms. The number of nitrogens with two attached hydrogens (primary N) is 1. The van der Waals surface area contributed by atoms with Crippen molar-refractivity contribution >= 4 is 0 Å². The van der Waals surface area contributed by atoms with Crippen LogP contribution in [-0.4, -0.2) is 29.6 Å². The molecule has 0 aromatic carbocycles. The second kappa shape index (κ2) is 4.42. The van der Waals surface area contributed by atoms with Crippen LogP contribution in [0.2, 0.25) is 0 Å². The SMILES string of the molecule is CC(C)N1CCCC(CC2(N)CCC2)C1. The van der Waals surface area contributed by atoms with Crippen LogP contribution in [0, 0.1) is 5.92 Å². The highest BCUT2D eigenvalue weighted by Crippen LogP contribution is 2.37. The second-order valence-electron chi connectivity index (χ2n) is 6.02. The van der Waals surface area contributed by atoms with Gasteiger partial charge in [-0.15, -0.1) is 0 Å². The highest BCUT2D eigenvalue weighted by Gasteiger charge is 2.36. The molecule has 1 atom stereocenters. The molecule has 1 aliphatic carbocycles. The summed E-state index contributed by atoms with van der Waals surface area (Å²) in [7, 11) is 0. The highest BCUT2D eigenvalue weighted by molar-refractivity contribution is 4.95. The molecule has 2 fully saturated rings. The van der Waals surface area contributed by atoms with Crippen LogP contribution >= 0.6 is 0 Å². The maximum Gasteiger partial charge on any atom is 0.0157 e. The molecule has 1 saturated carbocycles. The van der Waals surface area contributed by atoms with E-state index in [1.54, 1.807) is 0 Å². The molecule has 1 aliphatic heterocycles. The fraction of sp³-hybridized carbons (Fsp3) is 1.00. The summed E-state index contributed by atoms with van der Waals surface area (Å²) in [5, 5.41) is 0. The van der Waals surface area contributed by atoms with E-state index in [4.69, 9.17) is 5.73 Å². The van der Waals surface area contributed by atoms with E-state index in [-0.39, 0.29) is 5.54 Å². The van der Waals surface area contributed by atoms with Crippen molar-refractivity contribution in [2.24, 2.45) is 11.7 Å². The molecule has 1 heterocycles. The first kappa shape index (κ1) is 11.4. The van der Waals surface area contributed by atoms with Crippen molar-refractivity contribution < 1.29 is 0 Å². The van der Waals surface area contributed by atoms with Gasteiger partial charge >= 0.3 is 0 Å². The Morgan fingerprint density at radius 3 is 2.60 bits per heavy atom. The van der Waals surface area contributed by atoms with Crippen LogP contribution in [0.5, 0.6) is 0 Å². The van der Waals surface area contributed by atoms with Gasteiger partial charge in [-0.05, 0) is 64.8 Å². The molecule has 0 radical (unpaired) electrons. The number of piperidine rings is 1. The molecular formula is C13H26N2. The van der Waals surface area contributed by atoms with Gasteiger partial charge < -0.3 is 10.6 Å². The average Bonchev–Trinajstić information content (AvgIpc) is 2.16. The first-order chi connectivity index (χ1) is 7.09. The average molecular weight is 210 g/mol. The number of likely N-dealkylation sites (tertiary alicyclic amines) is 1. The Kier molecular flexibility index (Phi) is 3.36. The zero-order valence-corrected chi connectivity index (χ0v) is 10.3. The Morgan fingerprint density at radius 2 is 2.07 bits per heavy atom. The molecule has 88 valence electrons. The van der Waals surface area contributed by atoms with Gasteiger partial charge in [0.25, 0.3) is 0 Å². The van der Waals surface area contributed by atoms with E-state index in [9.17, 15) is 0 Å². The van der Waals surface area contributed by atoms with Crippen molar-refractivity contribution in [1.29, 1.82) is 0 Å². The van der Waals surface area contributed by atoms with Crippen LogP contribution in [0.25, 0.3) is 0 Å². The Bertz CT molecular complexity index is 209. The van der Waals surface area contributed by atoms with Crippen molar-refractivity contribution in [2.75, 3.05) is 13.1 Å². The van der Waals surface area contributed by atoms with Crippen molar-refractivity contribution in [2.45, 2.75) is 64.0 Å². The third kappa shape index (κ3) is 2.73. The van der Waals surface area contributed by atoms with Gasteiger partial charge in [0.05, 0.1) is 0 Å². The van der Waals surface area contributed by atoms with Gasteiger partial charge in [-0.3, -0.25) is 0 Å². The zero-order chi connectivity index (χ0) is 10.9. The standard InChI is InChI=1S/C13H26N2/c1-11(2)15-8-3-5-12(10-15)9-13(14)6-4-7-13/h11-12H,3-10,14H2,1-2H3. The number of hydrogen-bond donors (Lipinski definition) is 1. The summed E-state index contributed by atoms with van der Waals surface area (Å²) < 4.78 is 0. The van der Waals surface area contributed by atoms with Gasteiger partial charge in [0, 0.05) is 18.1 Å². The van der Waals surface area contributed by atoms with Gasteiger partial charge in [0.1, 0.15) is 0 Å². The summed E-state index contributed by atoms with van der Waals surface area (Å²) in [6, 6.07) is 0.711. The largest absolute Gasteiger partial charge is 0.325 e. The molecule has 0 aromatic rings. The van der Waals surface area contributed by atoms with Crippen molar-refractivity contribution in [3.8, 4) is 0 Å². The van der Waals surface area contributed by atoms with E-state index in [1.165, 1.54) is 51.6 Å². The Balaban J connectivity index is 1.82. The lowest BCUT2D eigenvalue weighted by Gasteiger charge is -2.44. The minimum atomic E-state index is 0.227. The number of nitrogens with zero attached hydrogens (tertiary/aromatic N) is 1. The number of rotatable bonds is 3. The van der Waals surface area contributed by atoms with Gasteiger partial charge in [0.2, 0.25) is 0 Å². The summed E-state index contributed by atoms with van der Waals surface area (Å²) >= 11 is 0. The fourth-order valence-corrected chi connectivity index (χ4v) is 3.14. The monoisotopic (exact) mass is 210 g/mol. The van der Waals surface area contributed by atoms with Crippen LogP contribution in [-0.2, 0) is 0 Å². The third-order valence-corrected chi connectivity index (χ3v) is 4.33. The van der Waals surface area contributed by atoms with E-state index in [0.717, 1.165) is 5.92 Å². The number of hydrogen-bond acceptors (Lipinski definition) is 2. The maximum atomic E-state index is 6.34. The zero-order valence-electron chi connectivity index (χ0n) is 10.3. The van der Waals surface area contributed by atoms with E-state index >= 15 is 0 Å². The molecule has 0 aromatic heterocycles. The van der Waals surface area contributed by atoms with Gasteiger partial charge in [-0.2, -0.15) is 0 Å². The van der Waals surface area contributed by atoms with Crippen LogP contribution in [0.3, 0.4) is 0 Å². The maximum absolute atomic E-state index is 6.34.